The number of hydrogen-bond donors (Lipinski definition) is 2. The normalized spacial score (nSPS) is 12.7. The van der Waals surface area contributed by atoms with E-state index in [4.69, 9.17) is 5.11 Å². The van der Waals surface area contributed by atoms with Crippen LogP contribution in [0.4, 0.5) is 17.6 Å². The number of carbonyl (C=O) groups is 2. The summed E-state index contributed by atoms with van der Waals surface area (Å²) in [6, 6.07) is 3.40. The minimum absolute atomic E-state index is 0.333. The van der Waals surface area contributed by atoms with Crippen molar-refractivity contribution in [3.8, 4) is 5.69 Å². The monoisotopic (exact) mass is 387 g/mol. The number of carboxylic acids is 1. The van der Waals surface area contributed by atoms with Gasteiger partial charge in [0.05, 0.1) is 24.2 Å². The smallest absolute Gasteiger partial charge is 0.391 e. The zero-order valence-corrected chi connectivity index (χ0v) is 14.5. The summed E-state index contributed by atoms with van der Waals surface area (Å²) < 4.78 is 51.8. The van der Waals surface area contributed by atoms with Crippen molar-refractivity contribution >= 4 is 11.9 Å². The predicted octanol–water partition coefficient (Wildman–Crippen LogP) is 2.69. The topological polar surface area (TPSA) is 84.2 Å². The molecule has 0 aliphatic heterocycles. The highest BCUT2D eigenvalue weighted by atomic mass is 19.4. The van der Waals surface area contributed by atoms with E-state index in [2.05, 4.69) is 5.10 Å². The number of benzene rings is 1. The molecule has 1 heterocycles. The summed E-state index contributed by atoms with van der Waals surface area (Å²) >= 11 is 0. The Bertz CT molecular complexity index is 844. The number of alkyl halides is 3. The van der Waals surface area contributed by atoms with E-state index in [9.17, 15) is 27.2 Å². The van der Waals surface area contributed by atoms with Crippen LogP contribution in [0, 0.1) is 19.7 Å². The Morgan fingerprint density at radius 2 is 1.81 bits per heavy atom. The highest BCUT2D eigenvalue weighted by Gasteiger charge is 2.36. The van der Waals surface area contributed by atoms with E-state index < -0.39 is 36.3 Å². The fourth-order valence-electron chi connectivity index (χ4n) is 2.60. The van der Waals surface area contributed by atoms with Gasteiger partial charge < -0.3 is 10.4 Å². The van der Waals surface area contributed by atoms with Crippen LogP contribution in [0.15, 0.2) is 24.3 Å². The standard InChI is InChI=1S/C17H17F4N3O3/c1-9-13(7-15(25)22-14(16(26)27)8-17(19,20)21)10(2)24(23-9)12-5-3-11(18)4-6-12/h3-6,14H,7-8H2,1-2H3,(H,22,25)(H,26,27). The van der Waals surface area contributed by atoms with Gasteiger partial charge in [0.15, 0.2) is 0 Å². The van der Waals surface area contributed by atoms with Gasteiger partial charge >= 0.3 is 12.1 Å². The van der Waals surface area contributed by atoms with E-state index in [1.807, 2.05) is 5.32 Å². The van der Waals surface area contributed by atoms with E-state index in [1.54, 1.807) is 13.8 Å². The van der Waals surface area contributed by atoms with Gasteiger partial charge in [-0.15, -0.1) is 0 Å². The number of aliphatic carboxylic acids is 1. The molecule has 0 spiro atoms. The van der Waals surface area contributed by atoms with Crippen molar-refractivity contribution in [3.05, 3.63) is 47.0 Å². The van der Waals surface area contributed by atoms with Crippen LogP contribution in [0.3, 0.4) is 0 Å². The first-order valence-electron chi connectivity index (χ1n) is 7.88. The van der Waals surface area contributed by atoms with Crippen LogP contribution < -0.4 is 5.32 Å². The first-order chi connectivity index (χ1) is 12.5. The molecule has 0 aliphatic carbocycles. The summed E-state index contributed by atoms with van der Waals surface area (Å²) in [5.74, 6) is -3.06. The van der Waals surface area contributed by atoms with Gasteiger partial charge in [0.2, 0.25) is 5.91 Å². The fraction of sp³-hybridized carbons (Fsp3) is 0.353. The number of carboxylic acid groups (broad SMARTS) is 1. The molecule has 0 radical (unpaired) electrons. The number of hydrogen-bond acceptors (Lipinski definition) is 3. The second kappa shape index (κ2) is 7.77. The lowest BCUT2D eigenvalue weighted by Gasteiger charge is -2.16. The summed E-state index contributed by atoms with van der Waals surface area (Å²) in [4.78, 5) is 23.0. The first-order valence-corrected chi connectivity index (χ1v) is 7.88. The van der Waals surface area contributed by atoms with Gasteiger partial charge in [-0.3, -0.25) is 4.79 Å². The summed E-state index contributed by atoms with van der Waals surface area (Å²) in [6.45, 7) is 3.26. The van der Waals surface area contributed by atoms with Crippen LogP contribution >= 0.6 is 0 Å². The van der Waals surface area contributed by atoms with E-state index in [1.165, 1.54) is 28.9 Å². The van der Waals surface area contributed by atoms with Gasteiger partial charge in [0.1, 0.15) is 11.9 Å². The Labute approximate surface area is 151 Å². The summed E-state index contributed by atoms with van der Waals surface area (Å²) in [5, 5.41) is 15.0. The minimum atomic E-state index is -4.73. The summed E-state index contributed by atoms with van der Waals surface area (Å²) in [5.41, 5.74) is 1.99. The molecule has 0 aliphatic rings. The lowest BCUT2D eigenvalue weighted by molar-refractivity contribution is -0.159. The Balaban J connectivity index is 2.18. The fourth-order valence-corrected chi connectivity index (χ4v) is 2.60. The third kappa shape index (κ3) is 5.28. The van der Waals surface area contributed by atoms with Crippen molar-refractivity contribution in [1.29, 1.82) is 0 Å². The van der Waals surface area contributed by atoms with E-state index >= 15 is 0 Å². The molecule has 1 unspecified atom stereocenters. The van der Waals surface area contributed by atoms with Crippen LogP contribution in [-0.2, 0) is 16.0 Å². The van der Waals surface area contributed by atoms with Crippen LogP contribution in [0.25, 0.3) is 5.69 Å². The van der Waals surface area contributed by atoms with Crippen LogP contribution in [0.2, 0.25) is 0 Å². The Hall–Kier alpha value is -2.91. The van der Waals surface area contributed by atoms with Crippen LogP contribution in [0.1, 0.15) is 23.4 Å². The number of aromatic nitrogens is 2. The van der Waals surface area contributed by atoms with Gasteiger partial charge in [-0.1, -0.05) is 0 Å². The molecule has 0 saturated heterocycles. The molecular formula is C17H17F4N3O3. The number of aryl methyl sites for hydroxylation is 1. The Kier molecular flexibility index (Phi) is 5.87. The molecule has 1 atom stereocenters. The number of carbonyl (C=O) groups excluding carboxylic acids is 1. The highest BCUT2D eigenvalue weighted by Crippen LogP contribution is 2.22. The molecule has 0 bridgehead atoms. The molecular weight excluding hydrogens is 370 g/mol. The van der Waals surface area contributed by atoms with E-state index in [-0.39, 0.29) is 6.42 Å². The van der Waals surface area contributed by atoms with E-state index in [0.29, 0.717) is 22.6 Å². The average Bonchev–Trinajstić information content (AvgIpc) is 2.82. The lowest BCUT2D eigenvalue weighted by Crippen LogP contribution is -2.44. The minimum Gasteiger partial charge on any atom is -0.480 e. The largest absolute Gasteiger partial charge is 0.480 e. The molecule has 1 aromatic carbocycles. The first kappa shape index (κ1) is 20.4. The molecule has 27 heavy (non-hydrogen) atoms. The third-order valence-electron chi connectivity index (χ3n) is 3.92. The molecule has 1 amide bonds. The van der Waals surface area contributed by atoms with Crippen molar-refractivity contribution in [2.75, 3.05) is 0 Å². The molecule has 1 aromatic heterocycles. The predicted molar refractivity (Wildman–Crippen MR) is 86.9 cm³/mol. The summed E-state index contributed by atoms with van der Waals surface area (Å²) in [6.07, 6.45) is -6.73. The summed E-state index contributed by atoms with van der Waals surface area (Å²) in [7, 11) is 0. The van der Waals surface area contributed by atoms with Crippen molar-refractivity contribution < 1.29 is 32.3 Å². The van der Waals surface area contributed by atoms with Gasteiger partial charge in [0.25, 0.3) is 0 Å². The second-order valence-electron chi connectivity index (χ2n) is 5.99. The second-order valence-corrected chi connectivity index (χ2v) is 5.99. The van der Waals surface area contributed by atoms with Crippen molar-refractivity contribution in [1.82, 2.24) is 15.1 Å². The van der Waals surface area contributed by atoms with Crippen molar-refractivity contribution in [3.63, 3.8) is 0 Å². The molecule has 10 heteroatoms. The molecule has 6 nitrogen and oxygen atoms in total. The zero-order chi connectivity index (χ0) is 20.4. The SMILES string of the molecule is Cc1nn(-c2ccc(F)cc2)c(C)c1CC(=O)NC(CC(F)(F)F)C(=O)O. The molecule has 2 aromatic rings. The molecule has 2 N–H and O–H groups in total. The average molecular weight is 387 g/mol. The number of nitrogens with zero attached hydrogens (tertiary/aromatic N) is 2. The number of nitrogens with one attached hydrogen (secondary N) is 1. The van der Waals surface area contributed by atoms with Crippen LogP contribution in [0.5, 0.6) is 0 Å². The van der Waals surface area contributed by atoms with Gasteiger partial charge in [0, 0.05) is 11.3 Å². The third-order valence-corrected chi connectivity index (χ3v) is 3.92. The van der Waals surface area contributed by atoms with Gasteiger partial charge in [-0.2, -0.15) is 18.3 Å². The highest BCUT2D eigenvalue weighted by molar-refractivity contribution is 5.85. The van der Waals surface area contributed by atoms with Crippen molar-refractivity contribution in [2.45, 2.75) is 38.9 Å². The Morgan fingerprint density at radius 1 is 1.22 bits per heavy atom. The number of halogens is 4. The van der Waals surface area contributed by atoms with E-state index in [0.717, 1.165) is 0 Å². The lowest BCUT2D eigenvalue weighted by atomic mass is 10.1. The maximum absolute atomic E-state index is 13.1. The quantitative estimate of drug-likeness (QED) is 0.747. The Morgan fingerprint density at radius 3 is 2.33 bits per heavy atom. The molecule has 146 valence electrons. The molecule has 0 saturated carbocycles. The maximum Gasteiger partial charge on any atom is 0.391 e. The van der Waals surface area contributed by atoms with Gasteiger partial charge in [-0.25, -0.2) is 13.9 Å². The van der Waals surface area contributed by atoms with Crippen molar-refractivity contribution in [2.24, 2.45) is 0 Å². The number of rotatable bonds is 6. The number of amides is 1. The maximum atomic E-state index is 13.1. The zero-order valence-electron chi connectivity index (χ0n) is 14.5. The molecule has 0 fully saturated rings. The van der Waals surface area contributed by atoms with Gasteiger partial charge in [-0.05, 0) is 38.1 Å². The molecule has 2 rings (SSSR count). The van der Waals surface area contributed by atoms with Crippen LogP contribution in [-0.4, -0.2) is 39.0 Å².